The molecule has 0 radical (unpaired) electrons. The van der Waals surface area contributed by atoms with Crippen molar-refractivity contribution < 1.29 is 28.9 Å². The topological polar surface area (TPSA) is 98.2 Å². The number of benzene rings is 2. The first-order valence-electron chi connectivity index (χ1n) is 13.0. The van der Waals surface area contributed by atoms with Gasteiger partial charge in [0.25, 0.3) is 5.91 Å². The normalized spacial score (nSPS) is 18.0. The number of pyridine rings is 1. The van der Waals surface area contributed by atoms with Gasteiger partial charge in [-0.2, -0.15) is 0 Å². The summed E-state index contributed by atoms with van der Waals surface area (Å²) in [6.45, 7) is 0.416. The fourth-order valence-corrected chi connectivity index (χ4v) is 5.30. The fourth-order valence-electron chi connectivity index (χ4n) is 5.30. The molecule has 198 valence electrons. The van der Waals surface area contributed by atoms with E-state index in [9.17, 15) is 14.7 Å². The maximum Gasteiger partial charge on any atom is 0.326 e. The van der Waals surface area contributed by atoms with Gasteiger partial charge in [0.15, 0.2) is 17.6 Å². The largest absolute Gasteiger partial charge is 0.493 e. The van der Waals surface area contributed by atoms with Crippen molar-refractivity contribution in [1.29, 1.82) is 0 Å². The van der Waals surface area contributed by atoms with Gasteiger partial charge in [-0.3, -0.25) is 9.78 Å². The number of carboxylic acids is 1. The highest BCUT2D eigenvalue weighted by Gasteiger charge is 2.41. The maximum atomic E-state index is 14.0. The monoisotopic (exact) mass is 516 g/mol. The molecule has 1 saturated carbocycles. The van der Waals surface area contributed by atoms with Crippen molar-refractivity contribution >= 4 is 11.9 Å². The van der Waals surface area contributed by atoms with Gasteiger partial charge in [0.1, 0.15) is 12.6 Å². The molecule has 1 amide bonds. The molecule has 38 heavy (non-hydrogen) atoms. The zero-order valence-electron chi connectivity index (χ0n) is 21.4. The summed E-state index contributed by atoms with van der Waals surface area (Å²) in [5.41, 5.74) is 3.23. The van der Waals surface area contributed by atoms with Crippen molar-refractivity contribution in [2.24, 2.45) is 0 Å². The number of amides is 1. The number of nitrogens with zero attached hydrogens (tertiary/aromatic N) is 2. The lowest BCUT2D eigenvalue weighted by atomic mass is 9.91. The number of carboxylic acid groups (broad SMARTS) is 1. The molecule has 1 fully saturated rings. The molecule has 1 aliphatic heterocycles. The molecule has 2 aliphatic rings. The van der Waals surface area contributed by atoms with Crippen LogP contribution in [0.1, 0.15) is 54.0 Å². The van der Waals surface area contributed by atoms with Crippen LogP contribution in [0.4, 0.5) is 0 Å². The highest BCUT2D eigenvalue weighted by Crippen LogP contribution is 2.40. The van der Waals surface area contributed by atoms with Crippen molar-refractivity contribution in [3.05, 3.63) is 89.2 Å². The minimum atomic E-state index is -1.07. The zero-order valence-corrected chi connectivity index (χ0v) is 21.4. The third-order valence-corrected chi connectivity index (χ3v) is 7.31. The summed E-state index contributed by atoms with van der Waals surface area (Å²) in [7, 11) is 1.55. The number of methoxy groups -OCH3 is 1. The van der Waals surface area contributed by atoms with Crippen LogP contribution in [-0.4, -0.2) is 46.1 Å². The highest BCUT2D eigenvalue weighted by atomic mass is 16.5. The van der Waals surface area contributed by atoms with Gasteiger partial charge in [0.2, 0.25) is 0 Å². The Morgan fingerprint density at radius 2 is 1.79 bits per heavy atom. The van der Waals surface area contributed by atoms with Crippen LogP contribution in [0.15, 0.2) is 67.0 Å². The van der Waals surface area contributed by atoms with E-state index in [0.29, 0.717) is 11.5 Å². The number of aliphatic carboxylic acids is 1. The Morgan fingerprint density at radius 1 is 1.05 bits per heavy atom. The molecular weight excluding hydrogens is 484 g/mol. The van der Waals surface area contributed by atoms with E-state index in [1.165, 1.54) is 4.90 Å². The average Bonchev–Trinajstić information content (AvgIpc) is 3.48. The SMILES string of the molecule is COc1ccc2c(c1OCc1ccncc1)C[C@@H](C(=O)O)N(C(=O)[C@H](OC1CCCC1)c1ccccc1)C2. The summed E-state index contributed by atoms with van der Waals surface area (Å²) in [5, 5.41) is 10.2. The van der Waals surface area contributed by atoms with Gasteiger partial charge in [-0.05, 0) is 47.7 Å². The number of hydrogen-bond acceptors (Lipinski definition) is 6. The smallest absolute Gasteiger partial charge is 0.326 e. The number of carbonyl (C=O) groups excluding carboxylic acids is 1. The van der Waals surface area contributed by atoms with E-state index >= 15 is 0 Å². The van der Waals surface area contributed by atoms with Crippen LogP contribution in [0, 0.1) is 0 Å². The van der Waals surface area contributed by atoms with E-state index in [4.69, 9.17) is 14.2 Å². The Kier molecular flexibility index (Phi) is 7.89. The van der Waals surface area contributed by atoms with Crippen LogP contribution in [-0.2, 0) is 33.9 Å². The predicted octanol–water partition coefficient (Wildman–Crippen LogP) is 4.71. The standard InChI is InChI=1S/C30H32N2O6/c1-36-26-12-11-22-18-32(29(33)27(21-7-3-2-4-8-21)38-23-9-5-6-10-23)25(30(34)35)17-24(22)28(26)37-19-20-13-15-31-16-14-20/h2-4,7-8,11-16,23,25,27H,5-6,9-10,17-19H2,1H3,(H,34,35)/t25-,27+/m0/s1. The number of ether oxygens (including phenoxy) is 3. The van der Waals surface area contributed by atoms with Crippen LogP contribution in [0.25, 0.3) is 0 Å². The Labute approximate surface area is 222 Å². The molecule has 2 heterocycles. The Bertz CT molecular complexity index is 1260. The van der Waals surface area contributed by atoms with E-state index in [1.54, 1.807) is 25.6 Å². The molecule has 0 saturated heterocycles. The summed E-state index contributed by atoms with van der Waals surface area (Å²) < 4.78 is 18.1. The van der Waals surface area contributed by atoms with Crippen molar-refractivity contribution in [2.75, 3.05) is 7.11 Å². The van der Waals surface area contributed by atoms with Gasteiger partial charge in [-0.15, -0.1) is 0 Å². The summed E-state index contributed by atoms with van der Waals surface area (Å²) in [4.78, 5) is 32.0. The summed E-state index contributed by atoms with van der Waals surface area (Å²) >= 11 is 0. The van der Waals surface area contributed by atoms with Crippen LogP contribution < -0.4 is 9.47 Å². The Balaban J connectivity index is 1.46. The summed E-state index contributed by atoms with van der Waals surface area (Å²) in [6, 6.07) is 15.7. The van der Waals surface area contributed by atoms with Crippen molar-refractivity contribution in [1.82, 2.24) is 9.88 Å². The van der Waals surface area contributed by atoms with E-state index < -0.39 is 18.1 Å². The molecular formula is C30H32N2O6. The molecule has 8 heteroatoms. The molecule has 5 rings (SSSR count). The lowest BCUT2D eigenvalue weighted by Gasteiger charge is -2.37. The molecule has 1 N–H and O–H groups in total. The van der Waals surface area contributed by atoms with Gasteiger partial charge in [-0.1, -0.05) is 49.2 Å². The zero-order chi connectivity index (χ0) is 26.5. The quantitative estimate of drug-likeness (QED) is 0.440. The molecule has 1 aliphatic carbocycles. The predicted molar refractivity (Wildman–Crippen MR) is 140 cm³/mol. The van der Waals surface area contributed by atoms with Gasteiger partial charge >= 0.3 is 5.97 Å². The molecule has 8 nitrogen and oxygen atoms in total. The van der Waals surface area contributed by atoms with Crippen LogP contribution in [0.2, 0.25) is 0 Å². The first-order chi connectivity index (χ1) is 18.5. The highest BCUT2D eigenvalue weighted by molar-refractivity contribution is 5.88. The first kappa shape index (κ1) is 25.7. The Morgan fingerprint density at radius 3 is 2.47 bits per heavy atom. The van der Waals surface area contributed by atoms with Gasteiger partial charge in [-0.25, -0.2) is 4.79 Å². The second-order valence-electron chi connectivity index (χ2n) is 9.74. The summed E-state index contributed by atoms with van der Waals surface area (Å²) in [5.74, 6) is -0.383. The molecule has 2 aromatic carbocycles. The third-order valence-electron chi connectivity index (χ3n) is 7.31. The third kappa shape index (κ3) is 5.50. The van der Waals surface area contributed by atoms with Gasteiger partial charge in [0, 0.05) is 30.9 Å². The second kappa shape index (κ2) is 11.6. The average molecular weight is 517 g/mol. The van der Waals surface area contributed by atoms with Crippen molar-refractivity contribution in [3.63, 3.8) is 0 Å². The van der Waals surface area contributed by atoms with E-state index in [0.717, 1.165) is 47.9 Å². The van der Waals surface area contributed by atoms with Crippen LogP contribution in [0.5, 0.6) is 11.5 Å². The lowest BCUT2D eigenvalue weighted by molar-refractivity contribution is -0.160. The minimum Gasteiger partial charge on any atom is -0.493 e. The van der Waals surface area contributed by atoms with Crippen molar-refractivity contribution in [2.45, 2.75) is 63.5 Å². The first-order valence-corrected chi connectivity index (χ1v) is 13.0. The molecule has 0 unspecified atom stereocenters. The fraction of sp³-hybridized carbons (Fsp3) is 0.367. The Hall–Kier alpha value is -3.91. The number of rotatable bonds is 9. The number of aromatic nitrogens is 1. The van der Waals surface area contributed by atoms with Crippen molar-refractivity contribution in [3.8, 4) is 11.5 Å². The lowest BCUT2D eigenvalue weighted by Crippen LogP contribution is -2.50. The van der Waals surface area contributed by atoms with Gasteiger partial charge in [0.05, 0.1) is 13.2 Å². The molecule has 1 aromatic heterocycles. The summed E-state index contributed by atoms with van der Waals surface area (Å²) in [6.07, 6.45) is 6.56. The van der Waals surface area contributed by atoms with E-state index in [2.05, 4.69) is 4.98 Å². The number of hydrogen-bond donors (Lipinski definition) is 1. The molecule has 0 spiro atoms. The molecule has 2 atom stereocenters. The van der Waals surface area contributed by atoms with Gasteiger partial charge < -0.3 is 24.2 Å². The second-order valence-corrected chi connectivity index (χ2v) is 9.74. The van der Waals surface area contributed by atoms with E-state index in [-0.39, 0.29) is 31.6 Å². The van der Waals surface area contributed by atoms with Crippen LogP contribution in [0.3, 0.4) is 0 Å². The van der Waals surface area contributed by atoms with Crippen LogP contribution >= 0.6 is 0 Å². The maximum absolute atomic E-state index is 14.0. The van der Waals surface area contributed by atoms with E-state index in [1.807, 2.05) is 48.5 Å². The number of fused-ring (bicyclic) bond motifs is 1. The minimum absolute atomic E-state index is 0.0121. The number of carbonyl (C=O) groups is 2. The molecule has 0 bridgehead atoms. The molecule has 3 aromatic rings.